The van der Waals surface area contributed by atoms with Crippen LogP contribution in [0.1, 0.15) is 5.56 Å². The number of amides is 1. The summed E-state index contributed by atoms with van der Waals surface area (Å²) < 4.78 is 43.5. The number of benzene rings is 2. The molecule has 11 heteroatoms. The van der Waals surface area contributed by atoms with E-state index in [4.69, 9.17) is 16.3 Å². The van der Waals surface area contributed by atoms with Gasteiger partial charge in [0.1, 0.15) is 12.3 Å². The summed E-state index contributed by atoms with van der Waals surface area (Å²) in [5, 5.41) is 14.3. The topological polar surface area (TPSA) is 81.9 Å². The van der Waals surface area contributed by atoms with Gasteiger partial charge in [-0.1, -0.05) is 23.7 Å². The number of nitrogens with one attached hydrogen (secondary N) is 1. The number of hydrogen-bond donors (Lipinski definition) is 1. The third-order valence-corrected chi connectivity index (χ3v) is 3.92. The van der Waals surface area contributed by atoms with Crippen LogP contribution in [0.5, 0.6) is 5.75 Å². The second-order valence-corrected chi connectivity index (χ2v) is 6.03. The number of methoxy groups -OCH3 is 1. The van der Waals surface area contributed by atoms with Gasteiger partial charge in [0.2, 0.25) is 11.7 Å². The Balaban J connectivity index is 1.69. The number of tetrazole rings is 1. The molecule has 146 valence electrons. The summed E-state index contributed by atoms with van der Waals surface area (Å²) >= 11 is 5.99. The Morgan fingerprint density at radius 2 is 2.04 bits per heavy atom. The van der Waals surface area contributed by atoms with E-state index in [0.717, 1.165) is 16.9 Å². The number of carbonyl (C=O) groups excluding carboxylic acids is 1. The molecule has 1 amide bonds. The fourth-order valence-electron chi connectivity index (χ4n) is 2.33. The molecule has 0 radical (unpaired) electrons. The summed E-state index contributed by atoms with van der Waals surface area (Å²) in [6, 6.07) is 9.25. The standard InChI is InChI=1S/C17H13ClF3N5O2/c1-28-14-6-5-12(8-13(14)18)22-15(27)9-26-24-16(23-25-26)10-3-2-4-11(7-10)17(19,20)21/h2-8H,9H2,1H3,(H,22,27). The molecule has 0 unspecified atom stereocenters. The van der Waals surface area contributed by atoms with Gasteiger partial charge in [-0.15, -0.1) is 10.2 Å². The quantitative estimate of drug-likeness (QED) is 0.693. The number of hydrogen-bond acceptors (Lipinski definition) is 5. The Hall–Kier alpha value is -3.14. The van der Waals surface area contributed by atoms with Crippen molar-refractivity contribution in [2.75, 3.05) is 12.4 Å². The van der Waals surface area contributed by atoms with Crippen molar-refractivity contribution in [3.63, 3.8) is 0 Å². The van der Waals surface area contributed by atoms with Crippen molar-refractivity contribution in [1.82, 2.24) is 20.2 Å². The number of nitrogens with zero attached hydrogens (tertiary/aromatic N) is 4. The van der Waals surface area contributed by atoms with E-state index in [1.165, 1.54) is 25.3 Å². The summed E-state index contributed by atoms with van der Waals surface area (Å²) in [6.07, 6.45) is -4.48. The summed E-state index contributed by atoms with van der Waals surface area (Å²) in [5.74, 6) is -0.0241. The molecular weight excluding hydrogens is 399 g/mol. The van der Waals surface area contributed by atoms with Gasteiger partial charge in [-0.05, 0) is 35.5 Å². The van der Waals surface area contributed by atoms with Gasteiger partial charge in [0.25, 0.3) is 0 Å². The van der Waals surface area contributed by atoms with E-state index < -0.39 is 17.6 Å². The molecule has 0 aliphatic rings. The fraction of sp³-hybridized carbons (Fsp3) is 0.176. The molecule has 0 fully saturated rings. The fourth-order valence-corrected chi connectivity index (χ4v) is 2.59. The molecule has 3 aromatic rings. The number of alkyl halides is 3. The van der Waals surface area contributed by atoms with E-state index in [2.05, 4.69) is 20.7 Å². The molecule has 0 spiro atoms. The molecule has 2 aromatic carbocycles. The SMILES string of the molecule is COc1ccc(NC(=O)Cn2nnc(-c3cccc(C(F)(F)F)c3)n2)cc1Cl. The lowest BCUT2D eigenvalue weighted by molar-refractivity contribution is -0.137. The minimum atomic E-state index is -4.48. The Bertz CT molecular complexity index is 1010. The average molecular weight is 412 g/mol. The normalized spacial score (nSPS) is 11.3. The van der Waals surface area contributed by atoms with Gasteiger partial charge in [-0.25, -0.2) is 0 Å². The average Bonchev–Trinajstić information content (AvgIpc) is 3.09. The van der Waals surface area contributed by atoms with Crippen molar-refractivity contribution in [3.05, 3.63) is 53.1 Å². The van der Waals surface area contributed by atoms with Gasteiger partial charge in [0, 0.05) is 11.3 Å². The molecule has 3 rings (SSSR count). The van der Waals surface area contributed by atoms with E-state index in [9.17, 15) is 18.0 Å². The molecule has 1 heterocycles. The summed E-state index contributed by atoms with van der Waals surface area (Å²) in [7, 11) is 1.47. The zero-order chi connectivity index (χ0) is 20.3. The van der Waals surface area contributed by atoms with Gasteiger partial charge in [-0.2, -0.15) is 18.0 Å². The van der Waals surface area contributed by atoms with Gasteiger partial charge in [0.05, 0.1) is 17.7 Å². The van der Waals surface area contributed by atoms with Crippen LogP contribution < -0.4 is 10.1 Å². The van der Waals surface area contributed by atoms with Crippen molar-refractivity contribution >= 4 is 23.2 Å². The second-order valence-electron chi connectivity index (χ2n) is 5.62. The number of anilines is 1. The summed E-state index contributed by atoms with van der Waals surface area (Å²) in [6.45, 7) is -0.282. The third-order valence-electron chi connectivity index (χ3n) is 3.62. The smallest absolute Gasteiger partial charge is 0.416 e. The number of rotatable bonds is 5. The van der Waals surface area contributed by atoms with Gasteiger partial charge in [-0.3, -0.25) is 4.79 Å². The predicted molar refractivity (Wildman–Crippen MR) is 94.9 cm³/mol. The minimum absolute atomic E-state index is 0.0219. The van der Waals surface area contributed by atoms with E-state index in [-0.39, 0.29) is 17.9 Å². The van der Waals surface area contributed by atoms with Crippen LogP contribution >= 0.6 is 11.6 Å². The molecule has 28 heavy (non-hydrogen) atoms. The maximum absolute atomic E-state index is 12.8. The number of halogens is 4. The first kappa shape index (κ1) is 19.6. The molecule has 0 bridgehead atoms. The van der Waals surface area contributed by atoms with Crippen molar-refractivity contribution in [2.45, 2.75) is 12.7 Å². The number of ether oxygens (including phenoxy) is 1. The minimum Gasteiger partial charge on any atom is -0.495 e. The highest BCUT2D eigenvalue weighted by atomic mass is 35.5. The van der Waals surface area contributed by atoms with Crippen molar-refractivity contribution < 1.29 is 22.7 Å². The highest BCUT2D eigenvalue weighted by Gasteiger charge is 2.30. The van der Waals surface area contributed by atoms with Crippen LogP contribution in [0.3, 0.4) is 0 Å². The largest absolute Gasteiger partial charge is 0.495 e. The number of aromatic nitrogens is 4. The molecule has 0 atom stereocenters. The first-order chi connectivity index (χ1) is 13.3. The first-order valence-electron chi connectivity index (χ1n) is 7.85. The third kappa shape index (κ3) is 4.58. The maximum atomic E-state index is 12.8. The Labute approximate surface area is 162 Å². The van der Waals surface area contributed by atoms with Gasteiger partial charge < -0.3 is 10.1 Å². The lowest BCUT2D eigenvalue weighted by Gasteiger charge is -2.07. The van der Waals surface area contributed by atoms with E-state index in [1.807, 2.05) is 0 Å². The zero-order valence-corrected chi connectivity index (χ0v) is 15.1. The lowest BCUT2D eigenvalue weighted by Crippen LogP contribution is -2.20. The molecule has 1 N–H and O–H groups in total. The van der Waals surface area contributed by atoms with Crippen LogP contribution in [0.15, 0.2) is 42.5 Å². The molecular formula is C17H13ClF3N5O2. The van der Waals surface area contributed by atoms with Crippen molar-refractivity contribution in [1.29, 1.82) is 0 Å². The number of carbonyl (C=O) groups is 1. The molecule has 0 aliphatic carbocycles. The van der Waals surface area contributed by atoms with Gasteiger partial charge >= 0.3 is 6.18 Å². The Morgan fingerprint density at radius 1 is 1.25 bits per heavy atom. The molecule has 7 nitrogen and oxygen atoms in total. The van der Waals surface area contributed by atoms with Crippen LogP contribution in [0.25, 0.3) is 11.4 Å². The lowest BCUT2D eigenvalue weighted by atomic mass is 10.1. The van der Waals surface area contributed by atoms with Gasteiger partial charge in [0.15, 0.2) is 0 Å². The zero-order valence-electron chi connectivity index (χ0n) is 14.4. The highest BCUT2D eigenvalue weighted by Crippen LogP contribution is 2.31. The molecule has 0 saturated carbocycles. The first-order valence-corrected chi connectivity index (χ1v) is 8.23. The van der Waals surface area contributed by atoms with E-state index in [0.29, 0.717) is 16.5 Å². The molecule has 1 aromatic heterocycles. The predicted octanol–water partition coefficient (Wildman–Crippen LogP) is 3.66. The maximum Gasteiger partial charge on any atom is 0.416 e. The van der Waals surface area contributed by atoms with Crippen molar-refractivity contribution in [3.8, 4) is 17.1 Å². The Kier molecular flexibility index (Phi) is 5.50. The van der Waals surface area contributed by atoms with Crippen LogP contribution in [0, 0.1) is 0 Å². The Morgan fingerprint density at radius 3 is 2.71 bits per heavy atom. The molecule has 0 aliphatic heterocycles. The van der Waals surface area contributed by atoms with E-state index in [1.54, 1.807) is 12.1 Å². The van der Waals surface area contributed by atoms with Crippen LogP contribution in [-0.4, -0.2) is 33.2 Å². The van der Waals surface area contributed by atoms with Crippen LogP contribution in [0.2, 0.25) is 5.02 Å². The summed E-state index contributed by atoms with van der Waals surface area (Å²) in [4.78, 5) is 13.1. The van der Waals surface area contributed by atoms with Crippen LogP contribution in [-0.2, 0) is 17.5 Å². The highest BCUT2D eigenvalue weighted by molar-refractivity contribution is 6.32. The monoisotopic (exact) mass is 411 g/mol. The van der Waals surface area contributed by atoms with E-state index >= 15 is 0 Å². The van der Waals surface area contributed by atoms with Crippen molar-refractivity contribution in [2.24, 2.45) is 0 Å². The summed E-state index contributed by atoms with van der Waals surface area (Å²) in [5.41, 5.74) is -0.243. The van der Waals surface area contributed by atoms with Crippen LogP contribution in [0.4, 0.5) is 18.9 Å². The second kappa shape index (κ2) is 7.85. The molecule has 0 saturated heterocycles.